The number of alkyl halides is 1. The lowest BCUT2D eigenvalue weighted by molar-refractivity contribution is 0.379. The van der Waals surface area contributed by atoms with Gasteiger partial charge in [-0.2, -0.15) is 0 Å². The van der Waals surface area contributed by atoms with Gasteiger partial charge in [0, 0.05) is 0 Å². The van der Waals surface area contributed by atoms with E-state index in [-0.39, 0.29) is 0 Å². The highest BCUT2D eigenvalue weighted by molar-refractivity contribution is 5.14. The molecule has 0 heterocycles. The fourth-order valence-electron chi connectivity index (χ4n) is 1.07. The first-order valence-corrected chi connectivity index (χ1v) is 4.13. The molecule has 0 nitrogen and oxygen atoms in total. The maximum absolute atomic E-state index is 12.7. The van der Waals surface area contributed by atoms with Crippen molar-refractivity contribution in [1.29, 1.82) is 0 Å². The van der Waals surface area contributed by atoms with Gasteiger partial charge in [0.05, 0.1) is 0 Å². The summed E-state index contributed by atoms with van der Waals surface area (Å²) in [7, 11) is 0. The second-order valence-electron chi connectivity index (χ2n) is 2.78. The SMILES string of the molecule is C=CC(F)CCc1ccccc1. The minimum atomic E-state index is -0.870. The number of benzene rings is 1. The number of hydrogen-bond acceptors (Lipinski definition) is 0. The van der Waals surface area contributed by atoms with E-state index in [2.05, 4.69) is 6.58 Å². The number of hydrogen-bond donors (Lipinski definition) is 0. The van der Waals surface area contributed by atoms with E-state index in [1.54, 1.807) is 0 Å². The second kappa shape index (κ2) is 4.70. The fraction of sp³-hybridized carbons (Fsp3) is 0.273. The molecule has 1 heteroatoms. The molecule has 0 aliphatic heterocycles. The average Bonchev–Trinajstić information content (AvgIpc) is 2.16. The smallest absolute Gasteiger partial charge is 0.118 e. The van der Waals surface area contributed by atoms with E-state index < -0.39 is 6.17 Å². The highest BCUT2D eigenvalue weighted by atomic mass is 19.1. The van der Waals surface area contributed by atoms with E-state index in [1.165, 1.54) is 11.6 Å². The zero-order valence-corrected chi connectivity index (χ0v) is 7.04. The summed E-state index contributed by atoms with van der Waals surface area (Å²) in [6.45, 7) is 3.40. The lowest BCUT2D eigenvalue weighted by Gasteiger charge is -2.01. The van der Waals surface area contributed by atoms with E-state index in [4.69, 9.17) is 0 Å². The molecule has 0 spiro atoms. The molecule has 12 heavy (non-hydrogen) atoms. The number of rotatable bonds is 4. The van der Waals surface area contributed by atoms with Crippen LogP contribution in [0.4, 0.5) is 4.39 Å². The van der Waals surface area contributed by atoms with Crippen LogP contribution in [-0.2, 0) is 6.42 Å². The van der Waals surface area contributed by atoms with Gasteiger partial charge in [-0.3, -0.25) is 0 Å². The van der Waals surface area contributed by atoms with Gasteiger partial charge in [0.2, 0.25) is 0 Å². The van der Waals surface area contributed by atoms with Crippen LogP contribution in [0.2, 0.25) is 0 Å². The Kier molecular flexibility index (Phi) is 3.52. The summed E-state index contributed by atoms with van der Waals surface area (Å²) in [5.41, 5.74) is 1.18. The van der Waals surface area contributed by atoms with Crippen molar-refractivity contribution >= 4 is 0 Å². The normalized spacial score (nSPS) is 12.4. The van der Waals surface area contributed by atoms with Gasteiger partial charge in [0.1, 0.15) is 6.17 Å². The molecule has 0 fully saturated rings. The minimum Gasteiger partial charge on any atom is -0.243 e. The third-order valence-electron chi connectivity index (χ3n) is 1.81. The second-order valence-corrected chi connectivity index (χ2v) is 2.78. The topological polar surface area (TPSA) is 0 Å². The Morgan fingerprint density at radius 1 is 1.33 bits per heavy atom. The molecule has 0 amide bonds. The molecule has 0 aliphatic carbocycles. The van der Waals surface area contributed by atoms with E-state index in [9.17, 15) is 4.39 Å². The van der Waals surface area contributed by atoms with E-state index in [0.29, 0.717) is 6.42 Å². The molecule has 1 aromatic rings. The first-order valence-electron chi connectivity index (χ1n) is 4.13. The van der Waals surface area contributed by atoms with Crippen LogP contribution in [-0.4, -0.2) is 6.17 Å². The molecule has 0 saturated heterocycles. The zero-order chi connectivity index (χ0) is 8.81. The predicted octanol–water partition coefficient (Wildman–Crippen LogP) is 3.14. The highest BCUT2D eigenvalue weighted by Crippen LogP contribution is 2.07. The first-order chi connectivity index (χ1) is 5.83. The first kappa shape index (κ1) is 8.98. The third-order valence-corrected chi connectivity index (χ3v) is 1.81. The Hall–Kier alpha value is -1.11. The van der Waals surface area contributed by atoms with Crippen molar-refractivity contribution in [3.05, 3.63) is 48.6 Å². The number of halogens is 1. The Balaban J connectivity index is 2.38. The number of aryl methyl sites for hydroxylation is 1. The molecule has 0 bridgehead atoms. The molecule has 1 aromatic carbocycles. The van der Waals surface area contributed by atoms with Crippen molar-refractivity contribution in [2.24, 2.45) is 0 Å². The van der Waals surface area contributed by atoms with Gasteiger partial charge in [-0.1, -0.05) is 36.4 Å². The van der Waals surface area contributed by atoms with Gasteiger partial charge in [-0.05, 0) is 18.4 Å². The van der Waals surface area contributed by atoms with Gasteiger partial charge in [-0.25, -0.2) is 4.39 Å². The van der Waals surface area contributed by atoms with Crippen LogP contribution in [0.15, 0.2) is 43.0 Å². The summed E-state index contributed by atoms with van der Waals surface area (Å²) in [5.74, 6) is 0. The summed E-state index contributed by atoms with van der Waals surface area (Å²) in [5, 5.41) is 0. The van der Waals surface area contributed by atoms with Crippen molar-refractivity contribution in [1.82, 2.24) is 0 Å². The fourth-order valence-corrected chi connectivity index (χ4v) is 1.07. The van der Waals surface area contributed by atoms with Crippen LogP contribution in [0.1, 0.15) is 12.0 Å². The predicted molar refractivity (Wildman–Crippen MR) is 49.9 cm³/mol. The average molecular weight is 164 g/mol. The largest absolute Gasteiger partial charge is 0.243 e. The van der Waals surface area contributed by atoms with E-state index in [0.717, 1.165) is 6.42 Å². The maximum atomic E-state index is 12.7. The van der Waals surface area contributed by atoms with E-state index in [1.807, 2.05) is 30.3 Å². The van der Waals surface area contributed by atoms with E-state index >= 15 is 0 Å². The van der Waals surface area contributed by atoms with Crippen molar-refractivity contribution < 1.29 is 4.39 Å². The van der Waals surface area contributed by atoms with Gasteiger partial charge in [0.25, 0.3) is 0 Å². The van der Waals surface area contributed by atoms with Crippen molar-refractivity contribution in [2.45, 2.75) is 19.0 Å². The Morgan fingerprint density at radius 3 is 2.58 bits per heavy atom. The molecule has 0 aromatic heterocycles. The molecule has 1 atom stereocenters. The van der Waals surface area contributed by atoms with Gasteiger partial charge < -0.3 is 0 Å². The lowest BCUT2D eigenvalue weighted by atomic mass is 10.1. The summed E-state index contributed by atoms with van der Waals surface area (Å²) in [6.07, 6.45) is 1.80. The van der Waals surface area contributed by atoms with Crippen LogP contribution in [0.5, 0.6) is 0 Å². The molecule has 64 valence electrons. The van der Waals surface area contributed by atoms with Gasteiger partial charge in [-0.15, -0.1) is 6.58 Å². The molecular weight excluding hydrogens is 151 g/mol. The van der Waals surface area contributed by atoms with Gasteiger partial charge in [0.15, 0.2) is 0 Å². The standard InChI is InChI=1S/C11H13F/c1-2-11(12)9-8-10-6-4-3-5-7-10/h2-7,11H,1,8-9H2. The van der Waals surface area contributed by atoms with Crippen molar-refractivity contribution in [2.75, 3.05) is 0 Å². The molecule has 1 rings (SSSR count). The summed E-state index contributed by atoms with van der Waals surface area (Å²) in [4.78, 5) is 0. The Morgan fingerprint density at radius 2 is 2.00 bits per heavy atom. The van der Waals surface area contributed by atoms with Gasteiger partial charge >= 0.3 is 0 Å². The zero-order valence-electron chi connectivity index (χ0n) is 7.04. The monoisotopic (exact) mass is 164 g/mol. The number of allylic oxidation sites excluding steroid dienone is 1. The summed E-state index contributed by atoms with van der Waals surface area (Å²) in [6, 6.07) is 9.92. The van der Waals surface area contributed by atoms with Crippen molar-refractivity contribution in [3.8, 4) is 0 Å². The Labute approximate surface area is 72.7 Å². The summed E-state index contributed by atoms with van der Waals surface area (Å²) < 4.78 is 12.7. The van der Waals surface area contributed by atoms with Crippen LogP contribution >= 0.6 is 0 Å². The maximum Gasteiger partial charge on any atom is 0.118 e. The third kappa shape index (κ3) is 2.87. The molecule has 0 saturated carbocycles. The van der Waals surface area contributed by atoms with Crippen LogP contribution in [0.3, 0.4) is 0 Å². The summed E-state index contributed by atoms with van der Waals surface area (Å²) >= 11 is 0. The van der Waals surface area contributed by atoms with Crippen LogP contribution in [0, 0.1) is 0 Å². The molecule has 1 unspecified atom stereocenters. The molecule has 0 N–H and O–H groups in total. The minimum absolute atomic E-state index is 0.535. The van der Waals surface area contributed by atoms with Crippen LogP contribution in [0.25, 0.3) is 0 Å². The quantitative estimate of drug-likeness (QED) is 0.600. The Bertz CT molecular complexity index is 228. The molecule has 0 radical (unpaired) electrons. The highest BCUT2D eigenvalue weighted by Gasteiger charge is 1.99. The lowest BCUT2D eigenvalue weighted by Crippen LogP contribution is -1.96. The van der Waals surface area contributed by atoms with Crippen LogP contribution < -0.4 is 0 Å². The molecular formula is C11H13F. The molecule has 0 aliphatic rings. The van der Waals surface area contributed by atoms with Crippen molar-refractivity contribution in [3.63, 3.8) is 0 Å².